The zero-order valence-corrected chi connectivity index (χ0v) is 15.4. The lowest BCUT2D eigenvalue weighted by Crippen LogP contribution is -2.30. The summed E-state index contributed by atoms with van der Waals surface area (Å²) in [5.41, 5.74) is 0.840. The van der Waals surface area contributed by atoms with Gasteiger partial charge in [-0.15, -0.1) is 11.3 Å². The van der Waals surface area contributed by atoms with Gasteiger partial charge in [0.1, 0.15) is 0 Å². The number of likely N-dealkylation sites (tertiary alicyclic amines) is 1. The first-order valence-corrected chi connectivity index (χ1v) is 9.97. The molecule has 0 spiro atoms. The number of amides is 2. The molecule has 4 rings (SSSR count). The highest BCUT2D eigenvalue weighted by molar-refractivity contribution is 7.14. The first-order chi connectivity index (χ1) is 12.7. The summed E-state index contributed by atoms with van der Waals surface area (Å²) < 4.78 is 0. The molecule has 26 heavy (non-hydrogen) atoms. The van der Waals surface area contributed by atoms with E-state index in [1.54, 1.807) is 18.6 Å². The number of aryl methyl sites for hydroxylation is 1. The Kier molecular flexibility index (Phi) is 4.97. The second-order valence-corrected chi connectivity index (χ2v) is 8.01. The monoisotopic (exact) mass is 370 g/mol. The minimum absolute atomic E-state index is 0.0160. The molecule has 3 heterocycles. The van der Waals surface area contributed by atoms with Crippen LogP contribution in [0.3, 0.4) is 0 Å². The van der Waals surface area contributed by atoms with Crippen molar-refractivity contribution >= 4 is 23.2 Å². The van der Waals surface area contributed by atoms with Crippen LogP contribution in [-0.4, -0.2) is 39.3 Å². The van der Waals surface area contributed by atoms with Crippen molar-refractivity contribution in [2.45, 2.75) is 50.6 Å². The fourth-order valence-corrected chi connectivity index (χ4v) is 4.40. The van der Waals surface area contributed by atoms with Crippen LogP contribution in [0.1, 0.15) is 58.4 Å². The summed E-state index contributed by atoms with van der Waals surface area (Å²) in [5.74, 6) is 0.165. The van der Waals surface area contributed by atoms with E-state index in [1.807, 2.05) is 17.0 Å². The predicted molar refractivity (Wildman–Crippen MR) is 98.8 cm³/mol. The van der Waals surface area contributed by atoms with E-state index >= 15 is 0 Å². The van der Waals surface area contributed by atoms with Gasteiger partial charge in [0.15, 0.2) is 0 Å². The number of hydrogen-bond donors (Lipinski definition) is 1. The summed E-state index contributed by atoms with van der Waals surface area (Å²) in [6, 6.07) is 4.35. The fourth-order valence-electron chi connectivity index (χ4n) is 3.34. The molecule has 1 saturated heterocycles. The largest absolute Gasteiger partial charge is 0.349 e. The molecule has 2 aliphatic rings. The van der Waals surface area contributed by atoms with E-state index in [-0.39, 0.29) is 17.9 Å². The molecule has 1 aliphatic heterocycles. The zero-order valence-electron chi connectivity index (χ0n) is 14.6. The summed E-state index contributed by atoms with van der Waals surface area (Å²) in [6.07, 6.45) is 10.2. The second-order valence-electron chi connectivity index (χ2n) is 6.89. The van der Waals surface area contributed by atoms with E-state index in [4.69, 9.17) is 0 Å². The van der Waals surface area contributed by atoms with Gasteiger partial charge in [-0.25, -0.2) is 0 Å². The molecule has 0 radical (unpaired) electrons. The lowest BCUT2D eigenvalue weighted by molar-refractivity contribution is -0.132. The number of nitrogens with zero attached hydrogens (tertiary/aromatic N) is 3. The Morgan fingerprint density at radius 1 is 1.23 bits per heavy atom. The summed E-state index contributed by atoms with van der Waals surface area (Å²) in [4.78, 5) is 37.0. The molecule has 2 amide bonds. The molecular weight excluding hydrogens is 348 g/mol. The molecule has 7 heteroatoms. The summed E-state index contributed by atoms with van der Waals surface area (Å²) in [6.45, 7) is 0.783. The number of thiophene rings is 1. The van der Waals surface area contributed by atoms with Crippen LogP contribution in [0.5, 0.6) is 0 Å². The lowest BCUT2D eigenvalue weighted by Gasteiger charge is -2.24. The highest BCUT2D eigenvalue weighted by Gasteiger charge is 2.31. The number of aromatic nitrogens is 2. The van der Waals surface area contributed by atoms with E-state index in [0.717, 1.165) is 47.7 Å². The number of hydrogen-bond acceptors (Lipinski definition) is 5. The normalized spacial score (nSPS) is 19.5. The third-order valence-electron chi connectivity index (χ3n) is 4.88. The van der Waals surface area contributed by atoms with Crippen molar-refractivity contribution in [3.05, 3.63) is 46.2 Å². The quantitative estimate of drug-likeness (QED) is 0.848. The third kappa shape index (κ3) is 3.93. The van der Waals surface area contributed by atoms with Gasteiger partial charge < -0.3 is 10.2 Å². The van der Waals surface area contributed by atoms with Crippen molar-refractivity contribution in [3.8, 4) is 0 Å². The molecule has 1 N–H and O–H groups in total. The standard InChI is InChI=1S/C19H22N4O2S/c24-18(8-5-14-12-20-9-10-21-14)23-11-1-2-15(23)16-6-7-17(26-16)19(25)22-13-3-4-13/h6-7,9-10,12-13,15H,1-5,8,11H2,(H,22,25)/t15-/m1/s1. The molecule has 1 saturated carbocycles. The van der Waals surface area contributed by atoms with Gasteiger partial charge in [0.25, 0.3) is 5.91 Å². The van der Waals surface area contributed by atoms with Crippen LogP contribution in [0.4, 0.5) is 0 Å². The van der Waals surface area contributed by atoms with E-state index in [1.165, 1.54) is 11.3 Å². The van der Waals surface area contributed by atoms with Crippen LogP contribution < -0.4 is 5.32 Å². The maximum atomic E-state index is 12.7. The Morgan fingerprint density at radius 3 is 2.88 bits per heavy atom. The van der Waals surface area contributed by atoms with Crippen molar-refractivity contribution in [1.82, 2.24) is 20.2 Å². The van der Waals surface area contributed by atoms with Gasteiger partial charge in [-0.2, -0.15) is 0 Å². The zero-order chi connectivity index (χ0) is 17.9. The van der Waals surface area contributed by atoms with Crippen LogP contribution >= 0.6 is 11.3 Å². The number of nitrogens with one attached hydrogen (secondary N) is 1. The molecular formula is C19H22N4O2S. The van der Waals surface area contributed by atoms with Crippen LogP contribution in [0.15, 0.2) is 30.7 Å². The first kappa shape index (κ1) is 17.1. The lowest BCUT2D eigenvalue weighted by atomic mass is 10.1. The van der Waals surface area contributed by atoms with E-state index in [9.17, 15) is 9.59 Å². The summed E-state index contributed by atoms with van der Waals surface area (Å²) >= 11 is 1.52. The van der Waals surface area contributed by atoms with Crippen molar-refractivity contribution < 1.29 is 9.59 Å². The molecule has 136 valence electrons. The summed E-state index contributed by atoms with van der Waals surface area (Å²) in [5, 5.41) is 3.02. The third-order valence-corrected chi connectivity index (χ3v) is 6.06. The van der Waals surface area contributed by atoms with Crippen molar-refractivity contribution in [1.29, 1.82) is 0 Å². The minimum atomic E-state index is 0.0160. The Hall–Kier alpha value is -2.28. The van der Waals surface area contributed by atoms with Crippen LogP contribution in [0, 0.1) is 0 Å². The van der Waals surface area contributed by atoms with Crippen LogP contribution in [-0.2, 0) is 11.2 Å². The number of carbonyl (C=O) groups is 2. The molecule has 2 aromatic rings. The Balaban J connectivity index is 1.38. The van der Waals surface area contributed by atoms with Gasteiger partial charge in [-0.3, -0.25) is 19.6 Å². The van der Waals surface area contributed by atoms with Crippen molar-refractivity contribution in [2.75, 3.05) is 6.54 Å². The highest BCUT2D eigenvalue weighted by Crippen LogP contribution is 2.36. The number of rotatable bonds is 6. The van der Waals surface area contributed by atoms with E-state index in [2.05, 4.69) is 15.3 Å². The smallest absolute Gasteiger partial charge is 0.261 e. The van der Waals surface area contributed by atoms with Crippen LogP contribution in [0.2, 0.25) is 0 Å². The van der Waals surface area contributed by atoms with Gasteiger partial charge in [0.05, 0.1) is 16.6 Å². The molecule has 1 aliphatic carbocycles. The highest BCUT2D eigenvalue weighted by atomic mass is 32.1. The van der Waals surface area contributed by atoms with Gasteiger partial charge in [-0.1, -0.05) is 0 Å². The maximum absolute atomic E-state index is 12.7. The van der Waals surface area contributed by atoms with Crippen molar-refractivity contribution in [3.63, 3.8) is 0 Å². The average molecular weight is 370 g/mol. The first-order valence-electron chi connectivity index (χ1n) is 9.15. The second kappa shape index (κ2) is 7.53. The Labute approximate surface area is 156 Å². The fraction of sp³-hybridized carbons (Fsp3) is 0.474. The van der Waals surface area contributed by atoms with Crippen molar-refractivity contribution in [2.24, 2.45) is 0 Å². The van der Waals surface area contributed by atoms with E-state index < -0.39 is 0 Å². The van der Waals surface area contributed by atoms with Gasteiger partial charge in [0, 0.05) is 42.5 Å². The topological polar surface area (TPSA) is 75.2 Å². The molecule has 1 atom stereocenters. The van der Waals surface area contributed by atoms with Gasteiger partial charge in [0.2, 0.25) is 5.91 Å². The minimum Gasteiger partial charge on any atom is -0.349 e. The molecule has 0 unspecified atom stereocenters. The number of carbonyl (C=O) groups excluding carboxylic acids is 2. The maximum Gasteiger partial charge on any atom is 0.261 e. The average Bonchev–Trinajstić information content (AvgIpc) is 3.15. The molecule has 2 aromatic heterocycles. The van der Waals surface area contributed by atoms with Crippen LogP contribution in [0.25, 0.3) is 0 Å². The molecule has 2 fully saturated rings. The molecule has 0 aromatic carbocycles. The summed E-state index contributed by atoms with van der Waals surface area (Å²) in [7, 11) is 0. The predicted octanol–water partition coefficient (Wildman–Crippen LogP) is 2.73. The molecule has 0 bridgehead atoms. The van der Waals surface area contributed by atoms with Gasteiger partial charge >= 0.3 is 0 Å². The Bertz CT molecular complexity index is 788. The Morgan fingerprint density at radius 2 is 2.12 bits per heavy atom. The van der Waals surface area contributed by atoms with Gasteiger partial charge in [-0.05, 0) is 44.2 Å². The SMILES string of the molecule is O=C(NC1CC1)c1ccc([C@H]2CCCN2C(=O)CCc2cnccn2)s1. The van der Waals surface area contributed by atoms with E-state index in [0.29, 0.717) is 18.9 Å². The molecule has 6 nitrogen and oxygen atoms in total.